The molecule has 0 radical (unpaired) electrons. The second kappa shape index (κ2) is 5.27. The largest absolute Gasteiger partial charge is 0.399 e. The standard InChI is InChI=1S/C13H19N3O2/c1-9-7-16(8-10(2)18-9)13(17)15-12-5-3-4-11(14)6-12/h3-6,9-10H,7-8,14H2,1-2H3,(H,15,17)/t9-,10+. The van der Waals surface area contributed by atoms with Crippen LogP contribution in [0.5, 0.6) is 0 Å². The third-order valence-corrected chi connectivity index (χ3v) is 2.84. The fraction of sp³-hybridized carbons (Fsp3) is 0.462. The minimum absolute atomic E-state index is 0.0698. The van der Waals surface area contributed by atoms with E-state index in [-0.39, 0.29) is 18.2 Å². The van der Waals surface area contributed by atoms with E-state index in [0.717, 1.165) is 0 Å². The van der Waals surface area contributed by atoms with Crippen molar-refractivity contribution < 1.29 is 9.53 Å². The first kappa shape index (κ1) is 12.7. The van der Waals surface area contributed by atoms with Crippen molar-refractivity contribution in [1.82, 2.24) is 4.90 Å². The van der Waals surface area contributed by atoms with Gasteiger partial charge in [0.15, 0.2) is 0 Å². The Bertz CT molecular complexity index is 426. The summed E-state index contributed by atoms with van der Waals surface area (Å²) in [4.78, 5) is 13.9. The van der Waals surface area contributed by atoms with Crippen LogP contribution in [0, 0.1) is 0 Å². The van der Waals surface area contributed by atoms with E-state index < -0.39 is 0 Å². The van der Waals surface area contributed by atoms with Crippen molar-refractivity contribution in [2.75, 3.05) is 24.1 Å². The summed E-state index contributed by atoms with van der Waals surface area (Å²) in [5.74, 6) is 0. The quantitative estimate of drug-likeness (QED) is 0.747. The fourth-order valence-corrected chi connectivity index (χ4v) is 2.16. The molecule has 2 rings (SSSR count). The first-order valence-corrected chi connectivity index (χ1v) is 6.11. The molecule has 1 aromatic carbocycles. The number of ether oxygens (including phenoxy) is 1. The third kappa shape index (κ3) is 3.13. The van der Waals surface area contributed by atoms with Gasteiger partial charge in [-0.15, -0.1) is 0 Å². The molecule has 0 aliphatic carbocycles. The van der Waals surface area contributed by atoms with E-state index in [1.165, 1.54) is 0 Å². The number of rotatable bonds is 1. The van der Waals surface area contributed by atoms with Crippen molar-refractivity contribution in [2.45, 2.75) is 26.1 Å². The highest BCUT2D eigenvalue weighted by Crippen LogP contribution is 2.15. The van der Waals surface area contributed by atoms with E-state index in [9.17, 15) is 4.79 Å². The zero-order valence-corrected chi connectivity index (χ0v) is 10.7. The Morgan fingerprint density at radius 3 is 2.67 bits per heavy atom. The molecule has 5 heteroatoms. The average molecular weight is 249 g/mol. The molecule has 0 aromatic heterocycles. The topological polar surface area (TPSA) is 67.6 Å². The lowest BCUT2D eigenvalue weighted by Crippen LogP contribution is -2.49. The number of amides is 2. The molecule has 0 spiro atoms. The van der Waals surface area contributed by atoms with Crippen molar-refractivity contribution >= 4 is 17.4 Å². The van der Waals surface area contributed by atoms with Gasteiger partial charge in [0.05, 0.1) is 12.2 Å². The second-order valence-corrected chi connectivity index (χ2v) is 4.72. The van der Waals surface area contributed by atoms with Gasteiger partial charge in [0, 0.05) is 24.5 Å². The summed E-state index contributed by atoms with van der Waals surface area (Å²) < 4.78 is 5.59. The maximum absolute atomic E-state index is 12.1. The molecule has 0 unspecified atom stereocenters. The zero-order valence-electron chi connectivity index (χ0n) is 10.7. The van der Waals surface area contributed by atoms with Crippen LogP contribution in [0.3, 0.4) is 0 Å². The van der Waals surface area contributed by atoms with Crippen molar-refractivity contribution in [3.05, 3.63) is 24.3 Å². The highest BCUT2D eigenvalue weighted by molar-refractivity contribution is 5.89. The van der Waals surface area contributed by atoms with Gasteiger partial charge in [-0.25, -0.2) is 4.79 Å². The van der Waals surface area contributed by atoms with E-state index >= 15 is 0 Å². The number of carbonyl (C=O) groups excluding carboxylic acids is 1. The lowest BCUT2D eigenvalue weighted by molar-refractivity contribution is -0.0530. The predicted molar refractivity (Wildman–Crippen MR) is 71.5 cm³/mol. The molecule has 1 aliphatic heterocycles. The number of anilines is 2. The van der Waals surface area contributed by atoms with Crippen LogP contribution in [0.15, 0.2) is 24.3 Å². The summed E-state index contributed by atoms with van der Waals surface area (Å²) in [6, 6.07) is 7.05. The number of morpholine rings is 1. The van der Waals surface area contributed by atoms with Gasteiger partial charge in [-0.05, 0) is 32.0 Å². The Kier molecular flexibility index (Phi) is 3.72. The Balaban J connectivity index is 1.99. The van der Waals surface area contributed by atoms with Crippen LogP contribution in [0.25, 0.3) is 0 Å². The van der Waals surface area contributed by atoms with Crippen molar-refractivity contribution in [3.8, 4) is 0 Å². The van der Waals surface area contributed by atoms with E-state index in [1.807, 2.05) is 26.0 Å². The molecule has 2 atom stereocenters. The molecule has 1 fully saturated rings. The summed E-state index contributed by atoms with van der Waals surface area (Å²) in [6.07, 6.45) is 0.140. The van der Waals surface area contributed by atoms with Crippen molar-refractivity contribution in [2.24, 2.45) is 0 Å². The molecular weight excluding hydrogens is 230 g/mol. The first-order chi connectivity index (χ1) is 8.54. The molecule has 1 aromatic rings. The SMILES string of the molecule is C[C@@H]1CN(C(=O)Nc2cccc(N)c2)C[C@H](C)O1. The van der Waals surface area contributed by atoms with Crippen molar-refractivity contribution in [1.29, 1.82) is 0 Å². The van der Waals surface area contributed by atoms with Gasteiger partial charge in [-0.3, -0.25) is 0 Å². The van der Waals surface area contributed by atoms with Gasteiger partial charge >= 0.3 is 6.03 Å². The maximum atomic E-state index is 12.1. The lowest BCUT2D eigenvalue weighted by Gasteiger charge is -2.35. The molecule has 18 heavy (non-hydrogen) atoms. The second-order valence-electron chi connectivity index (χ2n) is 4.72. The number of nitrogens with one attached hydrogen (secondary N) is 1. The van der Waals surface area contributed by atoms with Crippen LogP contribution in [-0.4, -0.2) is 36.2 Å². The number of hydrogen-bond acceptors (Lipinski definition) is 3. The van der Waals surface area contributed by atoms with Gasteiger partial charge in [-0.1, -0.05) is 6.07 Å². The van der Waals surface area contributed by atoms with Crippen LogP contribution < -0.4 is 11.1 Å². The summed E-state index contributed by atoms with van der Waals surface area (Å²) in [5.41, 5.74) is 7.02. The molecule has 0 bridgehead atoms. The summed E-state index contributed by atoms with van der Waals surface area (Å²) in [5, 5.41) is 2.84. The Morgan fingerprint density at radius 1 is 1.39 bits per heavy atom. The summed E-state index contributed by atoms with van der Waals surface area (Å²) in [6.45, 7) is 5.16. The molecule has 1 aliphatic rings. The van der Waals surface area contributed by atoms with E-state index in [2.05, 4.69) is 5.32 Å². The minimum Gasteiger partial charge on any atom is -0.399 e. The molecule has 2 amide bonds. The number of nitrogens with zero attached hydrogens (tertiary/aromatic N) is 1. The average Bonchev–Trinajstić information content (AvgIpc) is 2.27. The van der Waals surface area contributed by atoms with Crippen molar-refractivity contribution in [3.63, 3.8) is 0 Å². The molecule has 5 nitrogen and oxygen atoms in total. The van der Waals surface area contributed by atoms with Crippen LogP contribution in [-0.2, 0) is 4.74 Å². The lowest BCUT2D eigenvalue weighted by atomic mass is 10.2. The van der Waals surface area contributed by atoms with E-state index in [4.69, 9.17) is 10.5 Å². The Hall–Kier alpha value is -1.75. The van der Waals surface area contributed by atoms with E-state index in [0.29, 0.717) is 24.5 Å². The Labute approximate surface area is 107 Å². The highest BCUT2D eigenvalue weighted by Gasteiger charge is 2.25. The molecule has 98 valence electrons. The Morgan fingerprint density at radius 2 is 2.06 bits per heavy atom. The minimum atomic E-state index is -0.109. The van der Waals surface area contributed by atoms with Crippen LogP contribution >= 0.6 is 0 Å². The summed E-state index contributed by atoms with van der Waals surface area (Å²) >= 11 is 0. The van der Waals surface area contributed by atoms with Gasteiger partial charge in [0.25, 0.3) is 0 Å². The van der Waals surface area contributed by atoms with E-state index in [1.54, 1.807) is 17.0 Å². The normalized spacial score (nSPS) is 23.8. The predicted octanol–water partition coefficient (Wildman–Crippen LogP) is 1.91. The van der Waals surface area contributed by atoms with Crippen LogP contribution in [0.2, 0.25) is 0 Å². The molecule has 1 saturated heterocycles. The maximum Gasteiger partial charge on any atom is 0.322 e. The first-order valence-electron chi connectivity index (χ1n) is 6.11. The molecule has 1 heterocycles. The molecular formula is C13H19N3O2. The monoisotopic (exact) mass is 249 g/mol. The van der Waals surface area contributed by atoms with Gasteiger partial charge in [0.2, 0.25) is 0 Å². The number of benzene rings is 1. The molecule has 3 N–H and O–H groups in total. The smallest absolute Gasteiger partial charge is 0.322 e. The zero-order chi connectivity index (χ0) is 13.1. The van der Waals surface area contributed by atoms with Gasteiger partial charge in [0.1, 0.15) is 0 Å². The number of nitrogens with two attached hydrogens (primary N) is 1. The number of nitrogen functional groups attached to an aromatic ring is 1. The third-order valence-electron chi connectivity index (χ3n) is 2.84. The molecule has 0 saturated carbocycles. The van der Waals surface area contributed by atoms with Gasteiger partial charge < -0.3 is 20.7 Å². The summed E-state index contributed by atoms with van der Waals surface area (Å²) in [7, 11) is 0. The number of hydrogen-bond donors (Lipinski definition) is 2. The van der Waals surface area contributed by atoms with Crippen LogP contribution in [0.1, 0.15) is 13.8 Å². The fourth-order valence-electron chi connectivity index (χ4n) is 2.16. The van der Waals surface area contributed by atoms with Gasteiger partial charge in [-0.2, -0.15) is 0 Å². The highest BCUT2D eigenvalue weighted by atomic mass is 16.5. The number of urea groups is 1. The van der Waals surface area contributed by atoms with Crippen LogP contribution in [0.4, 0.5) is 16.2 Å². The number of carbonyl (C=O) groups is 1.